The second-order valence-corrected chi connectivity index (χ2v) is 9.17. The highest BCUT2D eigenvalue weighted by Gasteiger charge is 2.13. The van der Waals surface area contributed by atoms with Gasteiger partial charge in [-0.1, -0.05) is 79.3 Å². The fraction of sp³-hybridized carbons (Fsp3) is 0.364. The third-order valence-corrected chi connectivity index (χ3v) is 4.85. The molecule has 2 aromatic carbocycles. The predicted molar refractivity (Wildman–Crippen MR) is 122 cm³/mol. The van der Waals surface area contributed by atoms with Gasteiger partial charge in [0.2, 0.25) is 0 Å². The van der Waals surface area contributed by atoms with Crippen LogP contribution in [0.15, 0.2) is 47.0 Å². The number of ether oxygens (including phenoxy) is 3. The van der Waals surface area contributed by atoms with Crippen molar-refractivity contribution in [1.82, 2.24) is 0 Å². The largest absolute Gasteiger partial charge is 0.493 e. The van der Waals surface area contributed by atoms with Gasteiger partial charge in [0, 0.05) is 18.6 Å². The quantitative estimate of drug-likeness (QED) is 0.344. The van der Waals surface area contributed by atoms with E-state index in [0.717, 1.165) is 5.75 Å². The molecule has 2 rings (SSSR count). The lowest BCUT2D eigenvalue weighted by Crippen LogP contribution is -2.10. The summed E-state index contributed by atoms with van der Waals surface area (Å²) in [6.07, 6.45) is 2.21. The lowest BCUT2D eigenvalue weighted by Gasteiger charge is -2.19. The molecule has 0 aliphatic rings. The number of halogens is 4. The van der Waals surface area contributed by atoms with Crippen LogP contribution in [-0.4, -0.2) is 19.8 Å². The minimum absolute atomic E-state index is 0.124. The van der Waals surface area contributed by atoms with E-state index in [1.165, 1.54) is 11.6 Å². The first-order chi connectivity index (χ1) is 13.7. The van der Waals surface area contributed by atoms with E-state index in [1.807, 2.05) is 12.1 Å². The van der Waals surface area contributed by atoms with Crippen LogP contribution in [0.4, 0.5) is 0 Å². The topological polar surface area (TPSA) is 27.7 Å². The summed E-state index contributed by atoms with van der Waals surface area (Å²) in [5.74, 6) is 1.75. The van der Waals surface area contributed by atoms with Gasteiger partial charge >= 0.3 is 0 Å². The minimum atomic E-state index is 0.124. The van der Waals surface area contributed by atoms with Crippen molar-refractivity contribution in [3.8, 4) is 17.2 Å². The number of rotatable bonds is 9. The van der Waals surface area contributed by atoms with E-state index in [-0.39, 0.29) is 16.5 Å². The van der Waals surface area contributed by atoms with E-state index in [9.17, 15) is 0 Å². The summed E-state index contributed by atoms with van der Waals surface area (Å²) in [7, 11) is 0. The summed E-state index contributed by atoms with van der Waals surface area (Å²) >= 11 is 23.6. The van der Waals surface area contributed by atoms with Crippen LogP contribution >= 0.6 is 46.4 Å². The van der Waals surface area contributed by atoms with E-state index >= 15 is 0 Å². The van der Waals surface area contributed by atoms with Gasteiger partial charge in [0.15, 0.2) is 5.75 Å². The molecule has 3 nitrogen and oxygen atoms in total. The first-order valence-electron chi connectivity index (χ1n) is 9.16. The Morgan fingerprint density at radius 2 is 1.45 bits per heavy atom. The molecule has 0 N–H and O–H groups in total. The lowest BCUT2D eigenvalue weighted by atomic mass is 9.87. The smallest absolute Gasteiger partial charge is 0.156 e. The van der Waals surface area contributed by atoms with E-state index in [1.54, 1.807) is 12.1 Å². The van der Waals surface area contributed by atoms with Crippen molar-refractivity contribution in [3.05, 3.63) is 62.6 Å². The maximum atomic E-state index is 6.25. The van der Waals surface area contributed by atoms with Gasteiger partial charge in [-0.15, -0.1) is 0 Å². The molecule has 0 spiro atoms. The van der Waals surface area contributed by atoms with E-state index in [0.29, 0.717) is 41.2 Å². The molecule has 0 fully saturated rings. The molecule has 0 heterocycles. The highest BCUT2D eigenvalue weighted by atomic mass is 35.5. The van der Waals surface area contributed by atoms with Crippen molar-refractivity contribution >= 4 is 46.4 Å². The third kappa shape index (κ3) is 8.18. The van der Waals surface area contributed by atoms with Crippen molar-refractivity contribution in [2.24, 2.45) is 0 Å². The molecule has 0 amide bonds. The van der Waals surface area contributed by atoms with E-state index < -0.39 is 0 Å². The summed E-state index contributed by atoms with van der Waals surface area (Å²) < 4.78 is 17.1. The Bertz CT molecular complexity index is 800. The Labute approximate surface area is 192 Å². The average Bonchev–Trinajstić information content (AvgIpc) is 2.62. The van der Waals surface area contributed by atoms with Crippen LogP contribution in [0.3, 0.4) is 0 Å². The van der Waals surface area contributed by atoms with Gasteiger partial charge in [-0.2, -0.15) is 0 Å². The molecule has 0 bridgehead atoms. The molecule has 0 saturated heterocycles. The summed E-state index contributed by atoms with van der Waals surface area (Å²) in [5, 5.41) is 0.735. The molecule has 158 valence electrons. The molecule has 29 heavy (non-hydrogen) atoms. The second-order valence-electron chi connectivity index (χ2n) is 7.35. The van der Waals surface area contributed by atoms with E-state index in [2.05, 4.69) is 32.9 Å². The van der Waals surface area contributed by atoms with Crippen molar-refractivity contribution in [2.45, 2.75) is 32.6 Å². The zero-order chi connectivity index (χ0) is 21.4. The average molecular weight is 478 g/mol. The zero-order valence-electron chi connectivity index (χ0n) is 16.6. The molecule has 0 aliphatic carbocycles. The molecule has 7 heteroatoms. The van der Waals surface area contributed by atoms with Gasteiger partial charge in [0.1, 0.15) is 22.6 Å². The van der Waals surface area contributed by atoms with Crippen LogP contribution in [0, 0.1) is 0 Å². The van der Waals surface area contributed by atoms with Gasteiger partial charge < -0.3 is 14.2 Å². The summed E-state index contributed by atoms with van der Waals surface area (Å²) in [6, 6.07) is 11.4. The van der Waals surface area contributed by atoms with Crippen LogP contribution in [0.5, 0.6) is 17.2 Å². The number of hydrogen-bond acceptors (Lipinski definition) is 3. The third-order valence-electron chi connectivity index (χ3n) is 3.98. The number of hydrogen-bond donors (Lipinski definition) is 0. The van der Waals surface area contributed by atoms with Crippen molar-refractivity contribution in [1.29, 1.82) is 0 Å². The molecule has 2 aromatic rings. The zero-order valence-corrected chi connectivity index (χ0v) is 19.6. The summed E-state index contributed by atoms with van der Waals surface area (Å²) in [4.78, 5) is 0. The van der Waals surface area contributed by atoms with Crippen LogP contribution in [0.1, 0.15) is 32.8 Å². The van der Waals surface area contributed by atoms with E-state index in [4.69, 9.17) is 60.6 Å². The molecule has 0 saturated carbocycles. The van der Waals surface area contributed by atoms with Crippen LogP contribution in [0.25, 0.3) is 0 Å². The molecule has 0 atom stereocenters. The number of benzene rings is 2. The Morgan fingerprint density at radius 1 is 0.862 bits per heavy atom. The van der Waals surface area contributed by atoms with Crippen LogP contribution < -0.4 is 14.2 Å². The SMILES string of the molecule is CC(C)(C)c1ccc(OCCCOc2c(Cl)cc(OCC=C(Cl)Cl)cc2Cl)cc1. The predicted octanol–water partition coefficient (Wildman–Crippen LogP) is 7.84. The van der Waals surface area contributed by atoms with Crippen molar-refractivity contribution in [3.63, 3.8) is 0 Å². The Kier molecular flexibility index (Phi) is 9.29. The lowest BCUT2D eigenvalue weighted by molar-refractivity contribution is 0.247. The molecule has 0 radical (unpaired) electrons. The fourth-order valence-corrected chi connectivity index (χ4v) is 3.14. The summed E-state index contributed by atoms with van der Waals surface area (Å²) in [5.41, 5.74) is 1.39. The van der Waals surface area contributed by atoms with Crippen LogP contribution in [-0.2, 0) is 5.41 Å². The Balaban J connectivity index is 1.79. The molecule has 0 aromatic heterocycles. The molecule has 0 unspecified atom stereocenters. The first-order valence-corrected chi connectivity index (χ1v) is 10.7. The maximum Gasteiger partial charge on any atom is 0.156 e. The van der Waals surface area contributed by atoms with Gasteiger partial charge in [0.25, 0.3) is 0 Å². The van der Waals surface area contributed by atoms with Crippen LogP contribution in [0.2, 0.25) is 10.0 Å². The van der Waals surface area contributed by atoms with Crippen molar-refractivity contribution in [2.75, 3.05) is 19.8 Å². The minimum Gasteiger partial charge on any atom is -0.493 e. The maximum absolute atomic E-state index is 6.25. The Morgan fingerprint density at radius 3 is 2.00 bits per heavy atom. The summed E-state index contributed by atoms with van der Waals surface area (Å²) in [6.45, 7) is 7.70. The van der Waals surface area contributed by atoms with Crippen molar-refractivity contribution < 1.29 is 14.2 Å². The molecular formula is C22H24Cl4O3. The van der Waals surface area contributed by atoms with Gasteiger partial charge in [-0.25, -0.2) is 0 Å². The Hall–Kier alpha value is -1.26. The first kappa shape index (κ1) is 24.0. The highest BCUT2D eigenvalue weighted by molar-refractivity contribution is 6.55. The van der Waals surface area contributed by atoms with Gasteiger partial charge in [0.05, 0.1) is 23.3 Å². The molecule has 0 aliphatic heterocycles. The normalized spacial score (nSPS) is 11.1. The highest BCUT2D eigenvalue weighted by Crippen LogP contribution is 2.37. The molecular weight excluding hydrogens is 454 g/mol. The fourth-order valence-electron chi connectivity index (χ4n) is 2.43. The van der Waals surface area contributed by atoms with Gasteiger partial charge in [-0.05, 0) is 29.2 Å². The van der Waals surface area contributed by atoms with Gasteiger partial charge in [-0.3, -0.25) is 0 Å². The monoisotopic (exact) mass is 476 g/mol. The standard InChI is InChI=1S/C22H24Cl4O3/c1-22(2,3)15-5-7-16(8-6-15)27-10-4-11-29-21-18(23)13-17(14-19(21)24)28-12-9-20(25)26/h5-9,13-14H,4,10-12H2,1-3H3. The second kappa shape index (κ2) is 11.2.